The molecule has 1 aromatic heterocycles. The van der Waals surface area contributed by atoms with E-state index in [2.05, 4.69) is 27.4 Å². The molecule has 2 aliphatic heterocycles. The summed E-state index contributed by atoms with van der Waals surface area (Å²) in [6.45, 7) is 3.92. The van der Waals surface area contributed by atoms with Crippen molar-refractivity contribution in [1.82, 2.24) is 30.1 Å². The molecular weight excluding hydrogens is 324 g/mol. The molecule has 0 radical (unpaired) electrons. The number of ether oxygens (including phenoxy) is 1. The van der Waals surface area contributed by atoms with E-state index >= 15 is 0 Å². The summed E-state index contributed by atoms with van der Waals surface area (Å²) in [6, 6.07) is 0. The van der Waals surface area contributed by atoms with E-state index < -0.39 is 0 Å². The first-order valence-electron chi connectivity index (χ1n) is 8.69. The lowest BCUT2D eigenvalue weighted by Crippen LogP contribution is -2.62. The Morgan fingerprint density at radius 3 is 2.92 bits per heavy atom. The van der Waals surface area contributed by atoms with E-state index in [-0.39, 0.29) is 17.4 Å². The summed E-state index contributed by atoms with van der Waals surface area (Å²) in [5, 5.41) is 10.1. The normalized spacial score (nSPS) is 25.4. The number of rotatable bonds is 4. The Kier molecular flexibility index (Phi) is 5.33. The third-order valence-electron chi connectivity index (χ3n) is 5.49. The van der Waals surface area contributed by atoms with Crippen molar-refractivity contribution >= 4 is 11.8 Å². The van der Waals surface area contributed by atoms with Crippen molar-refractivity contribution in [1.29, 1.82) is 0 Å². The molecule has 1 aromatic rings. The van der Waals surface area contributed by atoms with E-state index in [0.29, 0.717) is 44.9 Å². The molecular formula is C16H26N6O3. The van der Waals surface area contributed by atoms with Gasteiger partial charge in [-0.3, -0.25) is 14.5 Å². The van der Waals surface area contributed by atoms with Crippen LogP contribution < -0.4 is 0 Å². The van der Waals surface area contributed by atoms with Crippen LogP contribution in [-0.2, 0) is 9.53 Å². The second-order valence-corrected chi connectivity index (χ2v) is 6.85. The monoisotopic (exact) mass is 350 g/mol. The van der Waals surface area contributed by atoms with Gasteiger partial charge >= 0.3 is 0 Å². The predicted octanol–water partition coefficient (Wildman–Crippen LogP) is -0.410. The molecule has 9 heteroatoms. The van der Waals surface area contributed by atoms with Gasteiger partial charge in [0.2, 0.25) is 5.91 Å². The number of carbonyl (C=O) groups is 2. The van der Waals surface area contributed by atoms with Gasteiger partial charge in [-0.1, -0.05) is 0 Å². The molecule has 9 nitrogen and oxygen atoms in total. The summed E-state index contributed by atoms with van der Waals surface area (Å²) in [7, 11) is 3.74. The molecule has 1 spiro atoms. The highest BCUT2D eigenvalue weighted by Gasteiger charge is 2.43. The van der Waals surface area contributed by atoms with Crippen LogP contribution in [0, 0.1) is 0 Å². The van der Waals surface area contributed by atoms with Crippen LogP contribution in [-0.4, -0.2) is 101 Å². The van der Waals surface area contributed by atoms with E-state index in [9.17, 15) is 9.59 Å². The van der Waals surface area contributed by atoms with Crippen molar-refractivity contribution in [3.05, 3.63) is 11.9 Å². The molecule has 1 N–H and O–H groups in total. The van der Waals surface area contributed by atoms with Crippen LogP contribution in [0.25, 0.3) is 0 Å². The van der Waals surface area contributed by atoms with Crippen LogP contribution >= 0.6 is 0 Å². The summed E-state index contributed by atoms with van der Waals surface area (Å²) in [5.74, 6) is 0.0651. The molecule has 0 aliphatic carbocycles. The first-order chi connectivity index (χ1) is 12.1. The fourth-order valence-electron chi connectivity index (χ4n) is 3.77. The van der Waals surface area contributed by atoms with Crippen molar-refractivity contribution in [2.75, 3.05) is 53.5 Å². The molecule has 0 bridgehead atoms. The topological polar surface area (TPSA) is 94.7 Å². The van der Waals surface area contributed by atoms with Crippen molar-refractivity contribution in [2.24, 2.45) is 0 Å². The van der Waals surface area contributed by atoms with Gasteiger partial charge in [0.25, 0.3) is 5.91 Å². The van der Waals surface area contributed by atoms with Gasteiger partial charge in [0.15, 0.2) is 5.69 Å². The molecule has 2 aliphatic rings. The quantitative estimate of drug-likeness (QED) is 0.793. The highest BCUT2D eigenvalue weighted by molar-refractivity contribution is 5.92. The SMILES string of the molecule is COCCN1CCC2(CCC1=O)CN(C(=O)c1cn[nH]n1)CCN2C. The van der Waals surface area contributed by atoms with Gasteiger partial charge in [-0.25, -0.2) is 0 Å². The number of nitrogens with one attached hydrogen (secondary N) is 1. The smallest absolute Gasteiger partial charge is 0.276 e. The highest BCUT2D eigenvalue weighted by atomic mass is 16.5. The number of hydrogen-bond acceptors (Lipinski definition) is 6. The molecule has 3 rings (SSSR count). The van der Waals surface area contributed by atoms with Gasteiger partial charge in [-0.05, 0) is 19.9 Å². The third-order valence-corrected chi connectivity index (χ3v) is 5.49. The maximum Gasteiger partial charge on any atom is 0.276 e. The zero-order valence-electron chi connectivity index (χ0n) is 14.9. The first-order valence-corrected chi connectivity index (χ1v) is 8.69. The van der Waals surface area contributed by atoms with E-state index in [1.165, 1.54) is 6.20 Å². The average Bonchev–Trinajstić information content (AvgIpc) is 3.10. The lowest BCUT2D eigenvalue weighted by Gasteiger charge is -2.49. The standard InChI is InChI=1S/C16H26N6O3/c1-20-7-8-22(15(24)13-11-17-19-18-13)12-16(20)4-3-14(23)21(6-5-16)9-10-25-2/h11H,3-10,12H2,1-2H3,(H,17,18,19). The second-order valence-electron chi connectivity index (χ2n) is 6.85. The molecule has 2 fully saturated rings. The number of likely N-dealkylation sites (tertiary alicyclic amines) is 1. The first kappa shape index (κ1) is 17.8. The molecule has 0 saturated carbocycles. The lowest BCUT2D eigenvalue weighted by molar-refractivity contribution is -0.131. The molecule has 2 saturated heterocycles. The maximum absolute atomic E-state index is 12.6. The molecule has 2 amide bonds. The van der Waals surface area contributed by atoms with E-state index in [1.807, 2.05) is 9.80 Å². The number of nitrogens with zero attached hydrogens (tertiary/aromatic N) is 5. The number of amides is 2. The van der Waals surface area contributed by atoms with E-state index in [1.54, 1.807) is 7.11 Å². The van der Waals surface area contributed by atoms with Crippen LogP contribution in [0.1, 0.15) is 29.8 Å². The lowest BCUT2D eigenvalue weighted by atomic mass is 9.86. The molecule has 0 aromatic carbocycles. The Balaban J connectivity index is 1.72. The summed E-state index contributed by atoms with van der Waals surface area (Å²) in [6.07, 6.45) is 3.56. The summed E-state index contributed by atoms with van der Waals surface area (Å²) in [5.41, 5.74) is 0.168. The number of piperazine rings is 1. The van der Waals surface area contributed by atoms with Gasteiger partial charge in [-0.2, -0.15) is 15.4 Å². The number of likely N-dealkylation sites (N-methyl/N-ethyl adjacent to an activating group) is 1. The van der Waals surface area contributed by atoms with Crippen molar-refractivity contribution < 1.29 is 14.3 Å². The molecule has 1 unspecified atom stereocenters. The van der Waals surface area contributed by atoms with Crippen LogP contribution in [0.5, 0.6) is 0 Å². The molecule has 138 valence electrons. The summed E-state index contributed by atoms with van der Waals surface area (Å²) >= 11 is 0. The van der Waals surface area contributed by atoms with Crippen molar-refractivity contribution in [2.45, 2.75) is 24.8 Å². The number of H-pyrrole nitrogens is 1. The fraction of sp³-hybridized carbons (Fsp3) is 0.750. The Hall–Kier alpha value is -2.00. The number of hydrogen-bond donors (Lipinski definition) is 1. The van der Waals surface area contributed by atoms with Gasteiger partial charge in [0, 0.05) is 51.8 Å². The number of carbonyl (C=O) groups excluding carboxylic acids is 2. The van der Waals surface area contributed by atoms with Crippen LogP contribution in [0.15, 0.2) is 6.20 Å². The van der Waals surface area contributed by atoms with E-state index in [0.717, 1.165) is 19.4 Å². The van der Waals surface area contributed by atoms with Crippen LogP contribution in [0.3, 0.4) is 0 Å². The van der Waals surface area contributed by atoms with E-state index in [4.69, 9.17) is 4.74 Å². The number of aromatic nitrogens is 3. The van der Waals surface area contributed by atoms with Gasteiger partial charge in [0.05, 0.1) is 12.8 Å². The molecule has 25 heavy (non-hydrogen) atoms. The average molecular weight is 350 g/mol. The second kappa shape index (κ2) is 7.49. The Labute approximate surface area is 147 Å². The minimum atomic E-state index is -0.172. The zero-order valence-corrected chi connectivity index (χ0v) is 14.9. The molecule has 3 heterocycles. The van der Waals surface area contributed by atoms with Gasteiger partial charge < -0.3 is 14.5 Å². The summed E-state index contributed by atoms with van der Waals surface area (Å²) < 4.78 is 5.11. The van der Waals surface area contributed by atoms with Crippen molar-refractivity contribution in [3.63, 3.8) is 0 Å². The Morgan fingerprint density at radius 1 is 1.36 bits per heavy atom. The van der Waals surface area contributed by atoms with Crippen LogP contribution in [0.4, 0.5) is 0 Å². The maximum atomic E-state index is 12.6. The minimum Gasteiger partial charge on any atom is -0.383 e. The summed E-state index contributed by atoms with van der Waals surface area (Å²) in [4.78, 5) is 31.1. The Morgan fingerprint density at radius 2 is 2.20 bits per heavy atom. The van der Waals surface area contributed by atoms with Gasteiger partial charge in [0.1, 0.15) is 0 Å². The molecule has 1 atom stereocenters. The third kappa shape index (κ3) is 3.67. The predicted molar refractivity (Wildman–Crippen MR) is 90.0 cm³/mol. The van der Waals surface area contributed by atoms with Crippen LogP contribution in [0.2, 0.25) is 0 Å². The highest BCUT2D eigenvalue weighted by Crippen LogP contribution is 2.32. The zero-order chi connectivity index (χ0) is 17.9. The minimum absolute atomic E-state index is 0.104. The number of aromatic amines is 1. The fourth-order valence-corrected chi connectivity index (χ4v) is 3.77. The largest absolute Gasteiger partial charge is 0.383 e. The van der Waals surface area contributed by atoms with Gasteiger partial charge in [-0.15, -0.1) is 0 Å². The Bertz CT molecular complexity index is 607. The number of methoxy groups -OCH3 is 1. The van der Waals surface area contributed by atoms with Crippen molar-refractivity contribution in [3.8, 4) is 0 Å².